The summed E-state index contributed by atoms with van der Waals surface area (Å²) in [4.78, 5) is 10.8. The van der Waals surface area contributed by atoms with Gasteiger partial charge in [-0.05, 0) is 51.0 Å². The molecule has 0 heterocycles. The van der Waals surface area contributed by atoms with E-state index in [2.05, 4.69) is 51.7 Å². The summed E-state index contributed by atoms with van der Waals surface area (Å²) in [6.45, 7) is 30.4. The molecule has 0 saturated heterocycles. The largest absolute Gasteiger partial charge is 0 e. The molecule has 0 aromatic rings. The third-order valence-electron chi connectivity index (χ3n) is 5.15. The third-order valence-corrected chi connectivity index (χ3v) is 5.15. The summed E-state index contributed by atoms with van der Waals surface area (Å²) in [7, 11) is 1.69. The molecule has 0 spiro atoms. The van der Waals surface area contributed by atoms with Crippen molar-refractivity contribution >= 4 is 5.97 Å². The number of allylic oxidation sites excluding steroid dienone is 1. The van der Waals surface area contributed by atoms with E-state index in [0.29, 0.717) is 0 Å². The molecule has 3 atom stereocenters. The van der Waals surface area contributed by atoms with Crippen LogP contribution in [0.5, 0.6) is 0 Å². The van der Waals surface area contributed by atoms with Crippen molar-refractivity contribution in [1.29, 1.82) is 0 Å². The van der Waals surface area contributed by atoms with Crippen LogP contribution >= 0.6 is 0 Å². The summed E-state index contributed by atoms with van der Waals surface area (Å²) >= 11 is 0. The van der Waals surface area contributed by atoms with Gasteiger partial charge in [0.2, 0.25) is 0 Å². The second kappa shape index (κ2) is 35.3. The molecule has 2 aliphatic rings. The average molecular weight is 592 g/mol. The number of aliphatic hydroxyl groups is 1. The molecular weight excluding hydrogens is 566 g/mol. The summed E-state index contributed by atoms with van der Waals surface area (Å²) in [5.41, 5.74) is -0.533. The average Bonchev–Trinajstić information content (AvgIpc) is 2.93. The quantitative estimate of drug-likeness (QED) is 0.170. The van der Waals surface area contributed by atoms with Gasteiger partial charge in [-0.25, -0.2) is 0 Å². The van der Waals surface area contributed by atoms with Crippen LogP contribution in [0.4, 0.5) is 0 Å². The van der Waals surface area contributed by atoms with Crippen LogP contribution in [-0.4, -0.2) is 36.0 Å². The van der Waals surface area contributed by atoms with Crippen molar-refractivity contribution < 1.29 is 80.8 Å². The Bertz CT molecular complexity index is 720. The van der Waals surface area contributed by atoms with E-state index in [0.717, 1.165) is 44.1 Å². The fraction of sp³-hybridized carbons (Fsp3) is 0.542. The zero-order chi connectivity index (χ0) is 28.2. The smallest absolute Gasteiger partial charge is 0 e. The Morgan fingerprint density at radius 3 is 1.83 bits per heavy atom. The van der Waals surface area contributed by atoms with Crippen molar-refractivity contribution in [2.24, 2.45) is 5.92 Å². The Kier molecular flexibility index (Phi) is 49.9. The van der Waals surface area contributed by atoms with E-state index < -0.39 is 11.2 Å². The number of carbonyl (C=O) groups is 1. The molecule has 12 heteroatoms. The topological polar surface area (TPSA) is 175 Å². The first kappa shape index (κ1) is 50.9. The molecule has 1 N–H and O–H groups in total. The number of rotatable bonds is 2. The van der Waals surface area contributed by atoms with Gasteiger partial charge in [0, 0.05) is 47.6 Å². The summed E-state index contributed by atoms with van der Waals surface area (Å²) in [5, 5.41) is 11.6. The SMILES string of the molecule is C/C=C1\CCC[C@@]2(OC)CCC[C@@H](C#CCOC(C)=O)[C@]12O.[C-]#[O+].[C-]#[O+].[C-]#[O+].[C-]#[O+].[C-]#[O+].[C-]#[O+].[Co].[Co]. The van der Waals surface area contributed by atoms with Gasteiger partial charge in [0.1, 0.15) is 11.2 Å². The van der Waals surface area contributed by atoms with Crippen LogP contribution in [0.2, 0.25) is 0 Å². The van der Waals surface area contributed by atoms with E-state index in [4.69, 9.17) is 37.4 Å². The normalized spacial score (nSPS) is 22.4. The van der Waals surface area contributed by atoms with Crippen LogP contribution in [-0.2, 0) is 75.7 Å². The molecule has 200 valence electrons. The molecule has 0 aliphatic heterocycles. The van der Waals surface area contributed by atoms with E-state index in [1.165, 1.54) is 6.92 Å². The maximum Gasteiger partial charge on any atom is 0 e. The minimum atomic E-state index is -1.03. The van der Waals surface area contributed by atoms with Crippen molar-refractivity contribution in [3.63, 3.8) is 0 Å². The van der Waals surface area contributed by atoms with Crippen molar-refractivity contribution in [1.82, 2.24) is 0 Å². The Hall–Kier alpha value is -1.86. The molecule has 0 unspecified atom stereocenters. The molecule has 2 fully saturated rings. The Labute approximate surface area is 233 Å². The van der Waals surface area contributed by atoms with Gasteiger partial charge in [-0.1, -0.05) is 17.9 Å². The molecule has 10 nitrogen and oxygen atoms in total. The van der Waals surface area contributed by atoms with E-state index >= 15 is 0 Å². The minimum Gasteiger partial charge on any atom is 0 e. The Morgan fingerprint density at radius 1 is 1.00 bits per heavy atom. The van der Waals surface area contributed by atoms with Crippen LogP contribution in [0, 0.1) is 57.7 Å². The number of carbonyl (C=O) groups excluding carboxylic acids is 1. The van der Waals surface area contributed by atoms with Gasteiger partial charge in [-0.2, -0.15) is 0 Å². The van der Waals surface area contributed by atoms with E-state index in [1.54, 1.807) is 7.11 Å². The summed E-state index contributed by atoms with van der Waals surface area (Å²) in [5.74, 6) is 5.52. The number of esters is 1. The maximum absolute atomic E-state index is 11.6. The Balaban J connectivity index is -0.000000106. The molecule has 2 radical (unpaired) electrons. The monoisotopic (exact) mass is 592 g/mol. The first-order valence-electron chi connectivity index (χ1n) is 9.27. The predicted molar refractivity (Wildman–Crippen MR) is 108 cm³/mol. The number of fused-ring (bicyclic) bond motifs is 1. The summed E-state index contributed by atoms with van der Waals surface area (Å²) in [6, 6.07) is 0. The number of hydrogen-bond donors (Lipinski definition) is 1. The Morgan fingerprint density at radius 2 is 1.44 bits per heavy atom. The predicted octanol–water partition coefficient (Wildman–Crippen LogP) is 2.37. The van der Waals surface area contributed by atoms with Gasteiger partial charge in [-0.3, -0.25) is 4.79 Å². The van der Waals surface area contributed by atoms with Crippen LogP contribution < -0.4 is 0 Å². The van der Waals surface area contributed by atoms with Crippen molar-refractivity contribution in [2.75, 3.05) is 13.7 Å². The van der Waals surface area contributed by atoms with Gasteiger partial charge < -0.3 is 14.6 Å². The second-order valence-electron chi connectivity index (χ2n) is 6.18. The molecule has 2 rings (SSSR count). The van der Waals surface area contributed by atoms with Crippen LogP contribution in [0.25, 0.3) is 0 Å². The molecule has 0 amide bonds. The maximum atomic E-state index is 11.6. The van der Waals surface area contributed by atoms with Crippen LogP contribution in [0.15, 0.2) is 11.6 Å². The van der Waals surface area contributed by atoms with Gasteiger partial charge >= 0.3 is 73.8 Å². The van der Waals surface area contributed by atoms with Crippen molar-refractivity contribution in [3.05, 3.63) is 51.6 Å². The van der Waals surface area contributed by atoms with Crippen molar-refractivity contribution in [2.45, 2.75) is 63.6 Å². The number of ether oxygens (including phenoxy) is 2. The second-order valence-corrected chi connectivity index (χ2v) is 6.18. The molecular formula is C24H26Co2O10. The van der Waals surface area contributed by atoms with Gasteiger partial charge in [-0.15, -0.1) is 0 Å². The van der Waals surface area contributed by atoms with Crippen LogP contribution in [0.1, 0.15) is 52.4 Å². The number of hydrogen-bond acceptors (Lipinski definition) is 4. The molecule has 2 aliphatic carbocycles. The van der Waals surface area contributed by atoms with Crippen molar-refractivity contribution in [3.8, 4) is 11.8 Å². The molecule has 0 aromatic heterocycles. The minimum absolute atomic E-state index is 0. The third kappa shape index (κ3) is 15.3. The first-order valence-corrected chi connectivity index (χ1v) is 9.27. The van der Waals surface area contributed by atoms with E-state index in [9.17, 15) is 9.90 Å². The van der Waals surface area contributed by atoms with E-state index in [-0.39, 0.29) is 52.1 Å². The first-order chi connectivity index (χ1) is 16.5. The zero-order valence-electron chi connectivity index (χ0n) is 19.9. The van der Waals surface area contributed by atoms with Crippen LogP contribution in [0.3, 0.4) is 0 Å². The molecule has 2 saturated carbocycles. The van der Waals surface area contributed by atoms with Gasteiger partial charge in [0.25, 0.3) is 0 Å². The van der Waals surface area contributed by atoms with Gasteiger partial charge in [0.15, 0.2) is 6.61 Å². The fourth-order valence-electron chi connectivity index (χ4n) is 4.10. The standard InChI is InChI=1S/C18H26O4.6CO.2Co/c1-4-15-8-5-11-17(21-3)12-6-9-16(18(15,17)20)10-7-13-22-14(2)19;6*1-2;;/h4,16,20H,5-6,8-9,11-13H2,1-3H3;;;;;;;;/b15-4+;;;;;;;;/t16-,17+,18+;;;;;;;;/m0......../s1. The fourth-order valence-corrected chi connectivity index (χ4v) is 4.10. The molecule has 0 bridgehead atoms. The van der Waals surface area contributed by atoms with E-state index in [1.807, 2.05) is 13.0 Å². The number of methoxy groups -OCH3 is 1. The zero-order valence-corrected chi connectivity index (χ0v) is 22.0. The molecule has 36 heavy (non-hydrogen) atoms. The molecule has 0 aromatic carbocycles. The van der Waals surface area contributed by atoms with Gasteiger partial charge in [0.05, 0.1) is 5.92 Å². The summed E-state index contributed by atoms with van der Waals surface area (Å²) < 4.78 is 55.7. The summed E-state index contributed by atoms with van der Waals surface area (Å²) in [6.07, 6.45) is 7.48.